The van der Waals surface area contributed by atoms with Crippen LogP contribution in [0, 0.1) is 0 Å². The van der Waals surface area contributed by atoms with Gasteiger partial charge in [0.05, 0.1) is 12.9 Å². The largest absolute Gasteiger partial charge is 0.492 e. The van der Waals surface area contributed by atoms with Crippen LogP contribution < -0.4 is 11.3 Å². The molecular weight excluding hydrogens is 586 g/mol. The molecule has 22 nitrogen and oxygen atoms in total. The zero-order valence-electron chi connectivity index (χ0n) is 17.0. The average Bonchev–Trinajstić information content (AvgIpc) is 3.18. The second-order valence-electron chi connectivity index (χ2n) is 6.76. The normalized spacial score (nSPS) is 26.6. The number of aromatic amines is 1. The van der Waals surface area contributed by atoms with E-state index in [1.54, 1.807) is 0 Å². The van der Waals surface area contributed by atoms with Crippen LogP contribution in [0.1, 0.15) is 6.23 Å². The minimum absolute atomic E-state index is 0.191. The van der Waals surface area contributed by atoms with Gasteiger partial charge in [-0.15, -0.1) is 0 Å². The highest BCUT2D eigenvalue weighted by Crippen LogP contribution is 2.72. The summed E-state index contributed by atoms with van der Waals surface area (Å²) >= 11 is 0. The number of rotatable bonds is 10. The average molecular weight is 603 g/mol. The first-order valence-electron chi connectivity index (χ1n) is 8.85. The Labute approximate surface area is 197 Å². The molecule has 1 aliphatic rings. The second-order valence-corrected chi connectivity index (χ2v) is 12.8. The van der Waals surface area contributed by atoms with Crippen molar-refractivity contribution in [2.45, 2.75) is 24.5 Å². The summed E-state index contributed by atoms with van der Waals surface area (Å²) in [6.07, 6.45) is -5.99. The van der Waals surface area contributed by atoms with Crippen molar-refractivity contribution < 1.29 is 75.1 Å². The molecule has 1 aliphatic heterocycles. The second kappa shape index (κ2) is 10.0. The number of H-pyrrole nitrogens is 1. The van der Waals surface area contributed by atoms with Crippen LogP contribution in [0.3, 0.4) is 0 Å². The standard InChI is InChI=1S/C10H17N5O17P4/c11-10-13-7-4(8(18)14-10)12-2-15(7)9-6(17)5(16)3(29-9)1-28-36(27,31-34(22,23)24)32-35(25,26)30-33(19,20)21/h2-3,5-6,9,16-17H,1H2,(H,25,26)(H2,19,20,21)(H2,22,23,24)(H3,11,13,14,18)/t3-,5?,6?,9-,36?/m1/s1. The summed E-state index contributed by atoms with van der Waals surface area (Å²) in [7, 11) is -23.5. The summed E-state index contributed by atoms with van der Waals surface area (Å²) in [5.74, 6) is -0.333. The molecule has 0 radical (unpaired) electrons. The predicted octanol–water partition coefficient (Wildman–Crippen LogP) is -2.22. The molecule has 0 aromatic carbocycles. The van der Waals surface area contributed by atoms with Crippen LogP contribution in [0.5, 0.6) is 0 Å². The monoisotopic (exact) mass is 603 g/mol. The third kappa shape index (κ3) is 7.12. The highest BCUT2D eigenvalue weighted by molar-refractivity contribution is 7.69. The van der Waals surface area contributed by atoms with Gasteiger partial charge in [0, 0.05) is 0 Å². The van der Waals surface area contributed by atoms with Crippen molar-refractivity contribution in [2.24, 2.45) is 0 Å². The maximum absolute atomic E-state index is 12.5. The van der Waals surface area contributed by atoms with Gasteiger partial charge in [-0.25, -0.2) is 23.2 Å². The molecule has 36 heavy (non-hydrogen) atoms. The van der Waals surface area contributed by atoms with E-state index in [1.807, 2.05) is 0 Å². The molecule has 0 saturated carbocycles. The van der Waals surface area contributed by atoms with E-state index in [-0.39, 0.29) is 17.1 Å². The highest BCUT2D eigenvalue weighted by Gasteiger charge is 2.49. The van der Waals surface area contributed by atoms with Crippen LogP contribution in [0.4, 0.5) is 5.95 Å². The maximum Gasteiger partial charge on any atom is 0.492 e. The fourth-order valence-electron chi connectivity index (χ4n) is 2.86. The van der Waals surface area contributed by atoms with Crippen LogP contribution in [0.2, 0.25) is 0 Å². The first-order valence-corrected chi connectivity index (χ1v) is 14.9. The lowest BCUT2D eigenvalue weighted by Gasteiger charge is -2.22. The molecule has 26 heteroatoms. The van der Waals surface area contributed by atoms with Crippen LogP contribution in [0.25, 0.3) is 11.2 Å². The summed E-state index contributed by atoms with van der Waals surface area (Å²) in [5.41, 5.74) is 4.30. The van der Waals surface area contributed by atoms with E-state index < -0.39 is 68.0 Å². The van der Waals surface area contributed by atoms with Gasteiger partial charge in [-0.1, -0.05) is 0 Å². The fraction of sp³-hybridized carbons (Fsp3) is 0.500. The number of aliphatic hydroxyl groups is 2. The van der Waals surface area contributed by atoms with Crippen molar-refractivity contribution in [3.8, 4) is 0 Å². The van der Waals surface area contributed by atoms with Gasteiger partial charge in [0.2, 0.25) is 5.95 Å². The summed E-state index contributed by atoms with van der Waals surface area (Å²) < 4.78 is 67.8. The number of fused-ring (bicyclic) bond motifs is 1. The van der Waals surface area contributed by atoms with Gasteiger partial charge >= 0.3 is 31.3 Å². The van der Waals surface area contributed by atoms with Crippen LogP contribution in [-0.4, -0.2) is 79.1 Å². The lowest BCUT2D eigenvalue weighted by Crippen LogP contribution is -2.33. The predicted molar refractivity (Wildman–Crippen MR) is 109 cm³/mol. The quantitative estimate of drug-likeness (QED) is 0.130. The third-order valence-corrected chi connectivity index (χ3v) is 9.50. The molecule has 204 valence electrons. The van der Waals surface area contributed by atoms with E-state index in [2.05, 4.69) is 32.4 Å². The molecule has 0 spiro atoms. The number of hydrogen-bond acceptors (Lipinski definition) is 15. The van der Waals surface area contributed by atoms with Gasteiger partial charge in [0.25, 0.3) is 5.56 Å². The number of imidazole rings is 1. The lowest BCUT2D eigenvalue weighted by atomic mass is 10.1. The van der Waals surface area contributed by atoms with Crippen molar-refractivity contribution in [1.82, 2.24) is 19.5 Å². The molecule has 0 aliphatic carbocycles. The zero-order chi connectivity index (χ0) is 27.3. The van der Waals surface area contributed by atoms with Gasteiger partial charge < -0.3 is 45.2 Å². The van der Waals surface area contributed by atoms with Crippen molar-refractivity contribution in [3.63, 3.8) is 0 Å². The zero-order valence-corrected chi connectivity index (χ0v) is 20.6. The van der Waals surface area contributed by atoms with Crippen molar-refractivity contribution >= 4 is 48.4 Å². The number of nitrogens with two attached hydrogens (primary N) is 1. The Morgan fingerprint density at radius 2 is 1.64 bits per heavy atom. The minimum atomic E-state index is -6.04. The Kier molecular flexibility index (Phi) is 8.14. The van der Waals surface area contributed by atoms with Crippen molar-refractivity contribution in [3.05, 3.63) is 16.7 Å². The molecule has 0 bridgehead atoms. The molecule has 6 atom stereocenters. The first kappa shape index (κ1) is 29.2. The van der Waals surface area contributed by atoms with E-state index in [4.69, 9.17) is 30.0 Å². The molecule has 1 saturated heterocycles. The number of aromatic nitrogens is 4. The van der Waals surface area contributed by atoms with Crippen molar-refractivity contribution in [1.29, 1.82) is 0 Å². The number of phosphoric acid groups is 4. The van der Waals surface area contributed by atoms with Crippen LogP contribution in [-0.2, 0) is 40.5 Å². The molecule has 3 heterocycles. The van der Waals surface area contributed by atoms with E-state index in [0.29, 0.717) is 0 Å². The molecular formula is C10H17N5O17P4. The summed E-state index contributed by atoms with van der Waals surface area (Å²) in [4.78, 5) is 66.0. The Morgan fingerprint density at radius 3 is 2.22 bits per heavy atom. The summed E-state index contributed by atoms with van der Waals surface area (Å²) in [6.45, 7) is -1.23. The number of nitrogen functional groups attached to an aromatic ring is 1. The molecule has 3 rings (SSSR count). The maximum atomic E-state index is 12.5. The molecule has 1 fully saturated rings. The molecule has 10 N–H and O–H groups in total. The van der Waals surface area contributed by atoms with E-state index in [0.717, 1.165) is 10.9 Å². The van der Waals surface area contributed by atoms with Gasteiger partial charge in [-0.05, 0) is 0 Å². The van der Waals surface area contributed by atoms with E-state index in [1.165, 1.54) is 0 Å². The van der Waals surface area contributed by atoms with Crippen molar-refractivity contribution in [2.75, 3.05) is 12.3 Å². The number of hydrogen-bond donors (Lipinski definition) is 9. The van der Waals surface area contributed by atoms with Gasteiger partial charge in [-0.3, -0.25) is 18.9 Å². The Hall–Kier alpha value is -1.41. The lowest BCUT2D eigenvalue weighted by molar-refractivity contribution is -0.0502. The summed E-state index contributed by atoms with van der Waals surface area (Å²) in [5, 5.41) is 20.6. The summed E-state index contributed by atoms with van der Waals surface area (Å²) in [6, 6.07) is 0. The molecule has 0 amide bonds. The van der Waals surface area contributed by atoms with E-state index >= 15 is 0 Å². The van der Waals surface area contributed by atoms with Gasteiger partial charge in [0.15, 0.2) is 17.4 Å². The Bertz CT molecular complexity index is 1380. The van der Waals surface area contributed by atoms with Crippen LogP contribution >= 0.6 is 31.3 Å². The minimum Gasteiger partial charge on any atom is -0.387 e. The number of nitrogens with one attached hydrogen (secondary N) is 1. The van der Waals surface area contributed by atoms with Gasteiger partial charge in [-0.2, -0.15) is 17.9 Å². The Morgan fingerprint density at radius 1 is 1.03 bits per heavy atom. The topological polar surface area (TPSA) is 346 Å². The van der Waals surface area contributed by atoms with E-state index in [9.17, 15) is 38.2 Å². The number of anilines is 1. The Balaban J connectivity index is 1.82. The molecule has 2 aromatic heterocycles. The SMILES string of the molecule is Nc1nc2c(ncn2[C@@H]2O[C@H](COP(=O)(OP(=O)(O)O)OP(=O)(O)OP(=O)(O)O)C(O)C2O)c(=O)[nH]1. The van der Waals surface area contributed by atoms with Gasteiger partial charge in [0.1, 0.15) is 18.3 Å². The number of nitrogens with zero attached hydrogens (tertiary/aromatic N) is 3. The fourth-order valence-corrected chi connectivity index (χ4v) is 7.47. The highest BCUT2D eigenvalue weighted by atomic mass is 31.3. The molecule has 4 unspecified atom stereocenters. The molecule has 2 aromatic rings. The van der Waals surface area contributed by atoms with Crippen LogP contribution in [0.15, 0.2) is 11.1 Å². The smallest absolute Gasteiger partial charge is 0.387 e. The third-order valence-electron chi connectivity index (χ3n) is 4.08. The number of ether oxygens (including phenoxy) is 1. The first-order chi connectivity index (χ1) is 16.3. The number of aliphatic hydroxyl groups excluding tert-OH is 2.